The quantitative estimate of drug-likeness (QED) is 0.0146. The van der Waals surface area contributed by atoms with Crippen molar-refractivity contribution < 1.29 is 138 Å². The molecule has 13 N–H and O–H groups in total. The highest BCUT2D eigenvalue weighted by atomic mass is 19.3. The zero-order chi connectivity index (χ0) is 102. The second-order valence-corrected chi connectivity index (χ2v) is 34.6. The predicted molar refractivity (Wildman–Crippen MR) is 496 cm³/mol. The molecule has 45 heteroatoms. The fourth-order valence-electron chi connectivity index (χ4n) is 16.9. The molecule has 762 valence electrons. The van der Waals surface area contributed by atoms with Crippen LogP contribution in [0.4, 0.5) is 34.3 Å². The lowest BCUT2D eigenvalue weighted by Crippen LogP contribution is -2.57. The van der Waals surface area contributed by atoms with Gasteiger partial charge in [-0.05, 0) is 129 Å². The standard InChI is InChI=1S/C96H119F3N14O28/c1-10-95(129)68-44-73-80-65(46-113(73)89(124)67(68)50-138-91(95)125)78-70(22-21-59-52(4)69(97)45-72(106-80)77(59)78)107-85(120)56(8)102-82(117)53(5)101-83(118)54(6)103-87(122)71(108-93(127)140-49-66-62-17-13-11-15-60(62)61-16-12-14-18-63(61)66)23-24-76(115)111-79(51(2)3)88(123)104-55(7)84(119)105-58-20-19-57(48-139-94(128)110-75-25-27-112(92(126)109-75)90-96(98,99)81(116)74(47-114)141-90)64(43-58)86(121)100-26-28-131-31-32-133-35-36-135-39-40-137-42-41-136-38-37-134-34-33-132-30-29-130-9/h11-20,25,27,43-45,51,53-56,66,70-71,74,79,81,90,114,116,129H,10,21-24,26,28-42,46-50H2,1-9H3,(H,100,121)(H,101,118)(H,102,117)(H,103,122)(H,104,123)(H,105,119)(H,107,120)(H,108,127)(H,111,115)(H,109,110,126,128)/t53-,54-,55-,56-,70-,71-,74+,79-,81+,90+,95-/m0/s1. The highest BCUT2D eigenvalue weighted by Gasteiger charge is 2.60. The lowest BCUT2D eigenvalue weighted by atomic mass is 9.81. The molecule has 11 atom stereocenters. The molecule has 3 aliphatic heterocycles. The number of pyridine rings is 2. The maximum atomic E-state index is 15.7. The fourth-order valence-corrected chi connectivity index (χ4v) is 16.9. The van der Waals surface area contributed by atoms with E-state index in [1.54, 1.807) is 34.8 Å². The number of fused-ring (bicyclic) bond motifs is 8. The first-order chi connectivity index (χ1) is 67.6. The van der Waals surface area contributed by atoms with E-state index >= 15 is 4.39 Å². The summed E-state index contributed by atoms with van der Waals surface area (Å²) in [5.74, 6) is -13.7. The molecule has 0 radical (unpaired) electrons. The first kappa shape index (κ1) is 107. The zero-order valence-corrected chi connectivity index (χ0v) is 79.4. The summed E-state index contributed by atoms with van der Waals surface area (Å²) in [6, 6.07) is 13.6. The second-order valence-electron chi connectivity index (χ2n) is 34.6. The van der Waals surface area contributed by atoms with Gasteiger partial charge in [0.2, 0.25) is 47.6 Å². The molecule has 3 aromatic heterocycles. The zero-order valence-electron chi connectivity index (χ0n) is 79.4. The summed E-state index contributed by atoms with van der Waals surface area (Å²) >= 11 is 0. The molecular weight excluding hydrogens is 1850 g/mol. The molecule has 5 aliphatic rings. The molecule has 0 bridgehead atoms. The number of carbonyl (C=O) groups is 11. The van der Waals surface area contributed by atoms with Gasteiger partial charge in [-0.1, -0.05) is 75.4 Å². The summed E-state index contributed by atoms with van der Waals surface area (Å²) in [5, 5.41) is 57.5. The number of hydrogen-bond acceptors (Lipinski definition) is 30. The third-order valence-corrected chi connectivity index (χ3v) is 24.6. The number of aliphatic hydroxyl groups excluding tert-OH is 2. The number of cyclic esters (lactones) is 1. The van der Waals surface area contributed by atoms with Gasteiger partial charge >= 0.3 is 29.8 Å². The Kier molecular flexibility index (Phi) is 37.6. The number of methoxy groups -OCH3 is 1. The maximum Gasteiger partial charge on any atom is 0.413 e. The van der Waals surface area contributed by atoms with Gasteiger partial charge in [-0.3, -0.25) is 53.0 Å². The van der Waals surface area contributed by atoms with Crippen molar-refractivity contribution >= 4 is 87.8 Å². The number of aromatic nitrogens is 4. The summed E-state index contributed by atoms with van der Waals surface area (Å²) < 4.78 is 112. The molecule has 7 aromatic rings. The maximum absolute atomic E-state index is 15.7. The van der Waals surface area contributed by atoms with Gasteiger partial charge in [0.25, 0.3) is 11.5 Å². The molecule has 0 unspecified atom stereocenters. The number of amides is 10. The minimum absolute atomic E-state index is 0.00796. The van der Waals surface area contributed by atoms with Crippen LogP contribution in [-0.2, 0) is 127 Å². The Labute approximate surface area is 807 Å². The molecule has 6 heterocycles. The lowest BCUT2D eigenvalue weighted by Gasteiger charge is -2.31. The summed E-state index contributed by atoms with van der Waals surface area (Å²) in [4.78, 5) is 189. The highest BCUT2D eigenvalue weighted by Crippen LogP contribution is 2.48. The van der Waals surface area contributed by atoms with Crippen molar-refractivity contribution in [2.24, 2.45) is 5.92 Å². The van der Waals surface area contributed by atoms with Crippen LogP contribution < -0.4 is 64.4 Å². The summed E-state index contributed by atoms with van der Waals surface area (Å²) in [6.07, 6.45) is -8.63. The monoisotopic (exact) mass is 1970 g/mol. The van der Waals surface area contributed by atoms with E-state index < -0.39 is 198 Å². The van der Waals surface area contributed by atoms with Crippen molar-refractivity contribution in [3.63, 3.8) is 0 Å². The minimum Gasteiger partial charge on any atom is -0.458 e. The Bertz CT molecular complexity index is 5800. The molecule has 42 nitrogen and oxygen atoms in total. The van der Waals surface area contributed by atoms with E-state index in [0.29, 0.717) is 105 Å². The van der Waals surface area contributed by atoms with Crippen LogP contribution in [0.2, 0.25) is 0 Å². The number of rotatable bonds is 51. The van der Waals surface area contributed by atoms with Gasteiger partial charge in [0.15, 0.2) is 11.7 Å². The number of aliphatic hydroxyl groups is 3. The Hall–Kier alpha value is -12.8. The van der Waals surface area contributed by atoms with Gasteiger partial charge in [-0.15, -0.1) is 0 Å². The first-order valence-electron chi connectivity index (χ1n) is 46.4. The van der Waals surface area contributed by atoms with Crippen LogP contribution in [0.25, 0.3) is 33.4 Å². The number of halogens is 3. The number of ether oxygens (including phenoxy) is 12. The fraction of sp³-hybridized carbons (Fsp3) is 0.510. The molecular formula is C96H119F3N14O28. The smallest absolute Gasteiger partial charge is 0.413 e. The van der Waals surface area contributed by atoms with Crippen molar-refractivity contribution in [3.8, 4) is 22.5 Å². The SMILES string of the molecule is CC[C@@]1(O)C(=O)OCc2c1cc1n(c2=O)Cc2c-1nc1cc(F)c(C)c3c1c2[C@@H](NC(=O)[C@H](C)NC(=O)[C@H](C)NC(=O)[C@H](C)NC(=O)[C@H](CCC(=O)N[C@H](C(=O)N[C@@H](C)C(=O)Nc1ccc(COC(=O)Nc2ccn([C@@H]4O[C@H](CO)[C@@H](O)C4(F)F)c(=O)n2)c(C(=O)NCCOCCOCCOCCOCCOCCOCCOCCOC)c1)C(C)C)NC(=O)OCC1c2ccccc2-c2ccccc21)CC3. The number of nitrogens with one attached hydrogen (secondary N) is 10. The number of carbonyl (C=O) groups excluding carboxylic acids is 11. The number of alkyl carbamates (subject to hydrolysis) is 1. The van der Waals surface area contributed by atoms with Crippen LogP contribution in [0.5, 0.6) is 0 Å². The molecule has 2 aliphatic carbocycles. The van der Waals surface area contributed by atoms with Crippen LogP contribution in [0.15, 0.2) is 101 Å². The van der Waals surface area contributed by atoms with Crippen LogP contribution in [0.3, 0.4) is 0 Å². The second kappa shape index (κ2) is 49.5. The largest absolute Gasteiger partial charge is 0.458 e. The van der Waals surface area contributed by atoms with Crippen molar-refractivity contribution in [1.82, 2.24) is 61.6 Å². The molecule has 4 aromatic carbocycles. The Balaban J connectivity index is 0.642. The van der Waals surface area contributed by atoms with Gasteiger partial charge in [-0.25, -0.2) is 28.6 Å². The Morgan fingerprint density at radius 3 is 1.79 bits per heavy atom. The third kappa shape index (κ3) is 26.3. The molecule has 12 rings (SSSR count). The molecule has 1 fully saturated rings. The average molecular weight is 1970 g/mol. The first-order valence-corrected chi connectivity index (χ1v) is 46.4. The van der Waals surface area contributed by atoms with Crippen molar-refractivity contribution in [2.75, 3.05) is 137 Å². The van der Waals surface area contributed by atoms with E-state index in [-0.39, 0.29) is 117 Å². The average Bonchev–Trinajstić information content (AvgIpc) is 1.56. The summed E-state index contributed by atoms with van der Waals surface area (Å²) in [6.45, 7) is 14.4. The van der Waals surface area contributed by atoms with Crippen molar-refractivity contribution in [1.29, 1.82) is 0 Å². The number of alkyl halides is 2. The number of hydrogen-bond donors (Lipinski definition) is 13. The number of aryl methyl sites for hydroxylation is 1. The summed E-state index contributed by atoms with van der Waals surface area (Å²) in [7, 11) is 1.60. The normalized spacial score (nSPS) is 18.1. The molecule has 1 saturated heterocycles. The van der Waals surface area contributed by atoms with Crippen LogP contribution in [-0.4, -0.2) is 280 Å². The van der Waals surface area contributed by atoms with E-state index in [1.165, 1.54) is 62.6 Å². The van der Waals surface area contributed by atoms with Crippen molar-refractivity contribution in [2.45, 2.75) is 185 Å². The van der Waals surface area contributed by atoms with Gasteiger partial charge in [0, 0.05) is 71.6 Å². The molecule has 10 amide bonds. The number of benzene rings is 4. The van der Waals surface area contributed by atoms with E-state index in [4.69, 9.17) is 61.8 Å². The number of esters is 1. The van der Waals surface area contributed by atoms with Gasteiger partial charge in [0.05, 0.1) is 141 Å². The molecule has 0 saturated carbocycles. The van der Waals surface area contributed by atoms with Gasteiger partial charge in [0.1, 0.15) is 73.8 Å². The van der Waals surface area contributed by atoms with E-state index in [0.717, 1.165) is 34.5 Å². The van der Waals surface area contributed by atoms with Crippen molar-refractivity contribution in [3.05, 3.63) is 173 Å². The highest BCUT2D eigenvalue weighted by molar-refractivity contribution is 6.02. The van der Waals surface area contributed by atoms with Crippen LogP contribution in [0, 0.1) is 18.7 Å². The summed E-state index contributed by atoms with van der Waals surface area (Å²) in [5.41, 5.74) is 2.54. The number of anilines is 2. The predicted octanol–water partition coefficient (Wildman–Crippen LogP) is 3.80. The van der Waals surface area contributed by atoms with E-state index in [2.05, 4.69) is 58.2 Å². The topological polar surface area (TPSA) is 549 Å². The number of nitrogens with zero attached hydrogens (tertiary/aromatic N) is 4. The van der Waals surface area contributed by atoms with Gasteiger partial charge in [-0.2, -0.15) is 13.8 Å². The Morgan fingerprint density at radius 1 is 0.631 bits per heavy atom. The minimum atomic E-state index is -4.03. The molecule has 141 heavy (non-hydrogen) atoms. The molecule has 0 spiro atoms. The van der Waals surface area contributed by atoms with E-state index in [1.807, 2.05) is 48.5 Å². The van der Waals surface area contributed by atoms with E-state index in [9.17, 15) is 86.4 Å². The Morgan fingerprint density at radius 2 is 1.21 bits per heavy atom. The van der Waals surface area contributed by atoms with Crippen LogP contribution >= 0.6 is 0 Å². The lowest BCUT2D eigenvalue weighted by molar-refractivity contribution is -0.172. The van der Waals surface area contributed by atoms with Gasteiger partial charge < -0.3 is 125 Å². The third-order valence-electron chi connectivity index (χ3n) is 24.6. The van der Waals surface area contributed by atoms with Crippen LogP contribution in [0.1, 0.15) is 153 Å².